The summed E-state index contributed by atoms with van der Waals surface area (Å²) in [7, 11) is -2.48. The minimum atomic E-state index is -3.67. The van der Waals surface area contributed by atoms with Crippen molar-refractivity contribution in [2.24, 2.45) is 0 Å². The van der Waals surface area contributed by atoms with Gasteiger partial charge in [0.15, 0.2) is 0 Å². The van der Waals surface area contributed by atoms with Crippen molar-refractivity contribution < 1.29 is 50.7 Å². The molecule has 0 heterocycles. The van der Waals surface area contributed by atoms with E-state index >= 15 is 0 Å². The number of hydrogen-bond donors (Lipinski definition) is 0. The van der Waals surface area contributed by atoms with Crippen molar-refractivity contribution in [1.29, 1.82) is 0 Å². The Morgan fingerprint density at radius 3 is 2.47 bits per heavy atom. The van der Waals surface area contributed by atoms with Gasteiger partial charge in [0.25, 0.3) is 0 Å². The quantitative estimate of drug-likeness (QED) is 0.384. The molecule has 0 aliphatic carbocycles. The summed E-state index contributed by atoms with van der Waals surface area (Å²) in [6, 6.07) is 4.24. The molecule has 1 radical (unpaired) electrons. The summed E-state index contributed by atoms with van der Waals surface area (Å²) in [5, 5.41) is 0. The fourth-order valence-electron chi connectivity index (χ4n) is 1.14. The first-order valence-corrected chi connectivity index (χ1v) is 7.27. The number of carbonyl (C=O) groups excluding carboxylic acids is 1. The van der Waals surface area contributed by atoms with Crippen LogP contribution >= 0.6 is 22.6 Å². The minimum absolute atomic E-state index is 0. The first-order valence-electron chi connectivity index (χ1n) is 4.75. The van der Waals surface area contributed by atoms with Gasteiger partial charge in [-0.15, -0.1) is 0 Å². The van der Waals surface area contributed by atoms with E-state index < -0.39 is 16.0 Å². The van der Waals surface area contributed by atoms with Crippen LogP contribution in [0.2, 0.25) is 0 Å². The molecule has 0 spiro atoms. The summed E-state index contributed by atoms with van der Waals surface area (Å²) in [5.41, 5.74) is 0.233. The van der Waals surface area contributed by atoms with Gasteiger partial charge in [0.05, 0.1) is 12.2 Å². The van der Waals surface area contributed by atoms with Crippen LogP contribution in [0, 0.1) is 11.0 Å². The molecular formula is C11H14INO4SY-2. The molecule has 0 aromatic heterocycles. The Morgan fingerprint density at radius 2 is 2.00 bits per heavy atom. The van der Waals surface area contributed by atoms with Crippen molar-refractivity contribution in [2.45, 2.75) is 11.8 Å². The van der Waals surface area contributed by atoms with Gasteiger partial charge in [-0.25, -0.2) is 13.2 Å². The molecule has 1 rings (SSSR count). The third kappa shape index (κ3) is 5.75. The maximum absolute atomic E-state index is 11.6. The number of halogens is 1. The van der Waals surface area contributed by atoms with Crippen molar-refractivity contribution in [3.63, 3.8) is 0 Å². The molecule has 0 aliphatic rings. The van der Waals surface area contributed by atoms with E-state index in [1.54, 1.807) is 13.0 Å². The van der Waals surface area contributed by atoms with Gasteiger partial charge in [-0.3, -0.25) is 0 Å². The summed E-state index contributed by atoms with van der Waals surface area (Å²) in [6.07, 6.45) is 0. The molecule has 0 fully saturated rings. The second kappa shape index (κ2) is 9.38. The molecule has 0 aliphatic heterocycles. The molecule has 105 valence electrons. The minimum Gasteiger partial charge on any atom is -0.547 e. The molecular weight excluding hydrogens is 458 g/mol. The Balaban J connectivity index is 0. The van der Waals surface area contributed by atoms with Gasteiger partial charge < -0.3 is 16.9 Å². The number of esters is 1. The number of rotatable bonds is 4. The van der Waals surface area contributed by atoms with E-state index in [1.165, 1.54) is 19.2 Å². The van der Waals surface area contributed by atoms with Gasteiger partial charge in [0.2, 0.25) is 0 Å². The molecule has 5 nitrogen and oxygen atoms in total. The van der Waals surface area contributed by atoms with Crippen LogP contribution in [0.4, 0.5) is 0 Å². The number of sulfonamides is 1. The van der Waals surface area contributed by atoms with Crippen LogP contribution in [0.25, 0.3) is 4.72 Å². The van der Waals surface area contributed by atoms with E-state index in [9.17, 15) is 13.2 Å². The third-order valence-electron chi connectivity index (χ3n) is 1.97. The van der Waals surface area contributed by atoms with Crippen LogP contribution in [0.1, 0.15) is 17.3 Å². The Hall–Kier alpha value is 0.434. The van der Waals surface area contributed by atoms with E-state index in [2.05, 4.69) is 4.72 Å². The molecule has 1 aromatic rings. The Morgan fingerprint density at radius 1 is 1.42 bits per heavy atom. The van der Waals surface area contributed by atoms with Gasteiger partial charge in [0.1, 0.15) is 10.0 Å². The van der Waals surface area contributed by atoms with Crippen molar-refractivity contribution in [3.8, 4) is 0 Å². The zero-order chi connectivity index (χ0) is 13.1. The van der Waals surface area contributed by atoms with Crippen molar-refractivity contribution in [3.05, 3.63) is 39.5 Å². The summed E-state index contributed by atoms with van der Waals surface area (Å²) in [5.74, 6) is -0.537. The maximum atomic E-state index is 11.6. The molecule has 0 N–H and O–H groups in total. The fraction of sp³-hybridized carbons (Fsp3) is 0.273. The van der Waals surface area contributed by atoms with Crippen LogP contribution in [-0.2, 0) is 47.5 Å². The normalized spacial score (nSPS) is 10.1. The number of carbonyl (C=O) groups is 1. The number of hydrogen-bond acceptors (Lipinski definition) is 4. The molecule has 8 heteroatoms. The second-order valence-corrected chi connectivity index (χ2v) is 5.97. The van der Waals surface area contributed by atoms with E-state index in [4.69, 9.17) is 4.74 Å². The third-order valence-corrected chi connectivity index (χ3v) is 4.24. The summed E-state index contributed by atoms with van der Waals surface area (Å²) < 4.78 is 31.8. The largest absolute Gasteiger partial charge is 0.547 e. The predicted octanol–water partition coefficient (Wildman–Crippen LogP) is 2.61. The monoisotopic (exact) mass is 472 g/mol. The van der Waals surface area contributed by atoms with Gasteiger partial charge >= 0.3 is 5.97 Å². The summed E-state index contributed by atoms with van der Waals surface area (Å²) in [4.78, 5) is 11.6. The Kier molecular flexibility index (Phi) is 10.7. The summed E-state index contributed by atoms with van der Waals surface area (Å²) in [6.45, 7) is 1.93. The SMILES string of the molecule is CCOC(=O)c1cc(S(=O)(=O)[N-]C)ccc1I.[CH3-].[Y]. The fourth-order valence-corrected chi connectivity index (χ4v) is 2.41. The predicted molar refractivity (Wildman–Crippen MR) is 78.0 cm³/mol. The second-order valence-electron chi connectivity index (χ2n) is 3.02. The average Bonchev–Trinajstić information content (AvgIpc) is 2.29. The van der Waals surface area contributed by atoms with E-state index in [0.717, 1.165) is 0 Å². The molecule has 0 unspecified atom stereocenters. The van der Waals surface area contributed by atoms with Crippen LogP contribution in [0.3, 0.4) is 0 Å². The maximum Gasteiger partial charge on any atom is 0.339 e. The smallest absolute Gasteiger partial charge is 0.339 e. The Labute approximate surface area is 152 Å². The molecule has 0 saturated carbocycles. The molecule has 0 saturated heterocycles. The molecule has 19 heavy (non-hydrogen) atoms. The van der Waals surface area contributed by atoms with E-state index in [0.29, 0.717) is 3.57 Å². The van der Waals surface area contributed by atoms with Crippen molar-refractivity contribution in [2.75, 3.05) is 13.7 Å². The number of benzene rings is 1. The first kappa shape index (κ1) is 21.7. The van der Waals surface area contributed by atoms with Crippen LogP contribution < -0.4 is 0 Å². The van der Waals surface area contributed by atoms with Crippen LogP contribution in [0.5, 0.6) is 0 Å². The average molecular weight is 472 g/mol. The number of nitrogens with zero attached hydrogens (tertiary/aromatic N) is 1. The molecule has 0 bridgehead atoms. The summed E-state index contributed by atoms with van der Waals surface area (Å²) >= 11 is 1.95. The van der Waals surface area contributed by atoms with Crippen LogP contribution in [0.15, 0.2) is 23.1 Å². The molecule has 0 amide bonds. The van der Waals surface area contributed by atoms with Crippen molar-refractivity contribution >= 4 is 38.6 Å². The van der Waals surface area contributed by atoms with Gasteiger partial charge in [-0.2, -0.15) is 7.05 Å². The van der Waals surface area contributed by atoms with Gasteiger partial charge in [0, 0.05) is 41.2 Å². The van der Waals surface area contributed by atoms with Gasteiger partial charge in [-0.1, -0.05) is 0 Å². The van der Waals surface area contributed by atoms with E-state index in [-0.39, 0.29) is 57.2 Å². The topological polar surface area (TPSA) is 74.5 Å². The molecule has 1 aromatic carbocycles. The zero-order valence-electron chi connectivity index (χ0n) is 10.9. The zero-order valence-corrected chi connectivity index (χ0v) is 16.7. The number of ether oxygens (including phenoxy) is 1. The van der Waals surface area contributed by atoms with Gasteiger partial charge in [-0.05, 0) is 47.7 Å². The molecule has 0 atom stereocenters. The standard InChI is InChI=1S/C10H11INO4S.CH3.Y/c1-3-16-10(13)8-6-7(4-5-9(8)11)17(14,15)12-2;;/h4-6H,3H2,1-2H3;1H3;/q2*-1;. The van der Waals surface area contributed by atoms with Crippen LogP contribution in [-0.4, -0.2) is 28.0 Å². The Bertz CT molecular complexity index is 533. The van der Waals surface area contributed by atoms with Crippen molar-refractivity contribution in [1.82, 2.24) is 0 Å². The van der Waals surface area contributed by atoms with E-state index in [1.807, 2.05) is 22.6 Å². The first-order chi connectivity index (χ1) is 7.92.